The second-order valence-corrected chi connectivity index (χ2v) is 18.2. The zero-order valence-corrected chi connectivity index (χ0v) is 46.0. The summed E-state index contributed by atoms with van der Waals surface area (Å²) in [4.78, 5) is 86.3. The number of barbiturate groups is 1. The number of sulfone groups is 1. The van der Waals surface area contributed by atoms with Crippen LogP contribution in [-0.4, -0.2) is 99.5 Å². The number of fused-ring (bicyclic) bond motifs is 1. The van der Waals surface area contributed by atoms with Gasteiger partial charge in [0, 0.05) is 49.5 Å². The maximum absolute atomic E-state index is 12.2. The monoisotopic (exact) mass is 1140 g/mol. The molecule has 0 spiro atoms. The fourth-order valence-corrected chi connectivity index (χ4v) is 9.65. The minimum Gasteiger partial charge on any atom is -0.499 e. The van der Waals surface area contributed by atoms with E-state index in [2.05, 4.69) is 19.4 Å². The van der Waals surface area contributed by atoms with E-state index >= 15 is 0 Å². The van der Waals surface area contributed by atoms with Crippen molar-refractivity contribution in [3.05, 3.63) is 196 Å². The minimum atomic E-state index is -3.60. The van der Waals surface area contributed by atoms with Crippen molar-refractivity contribution in [1.82, 2.24) is 19.6 Å². The highest BCUT2D eigenvalue weighted by molar-refractivity contribution is 7.96. The van der Waals surface area contributed by atoms with Crippen molar-refractivity contribution < 1.29 is 42.1 Å². The molecule has 20 nitrogen and oxygen atoms in total. The lowest BCUT2D eigenvalue weighted by atomic mass is 9.98. The smallest absolute Gasteiger partial charge is 0.499 e. The number of hydrogen-bond donors (Lipinski definition) is 0. The van der Waals surface area contributed by atoms with Crippen molar-refractivity contribution in [1.29, 1.82) is 5.26 Å². The van der Waals surface area contributed by atoms with Crippen LogP contribution in [0, 0.1) is 47.7 Å². The summed E-state index contributed by atoms with van der Waals surface area (Å²) in [5.41, 5.74) is 2.10. The van der Waals surface area contributed by atoms with E-state index in [1.807, 2.05) is 59.8 Å². The Morgan fingerprint density at radius 3 is 1.52 bits per heavy atom. The number of non-ortho nitro benzene ring substituents is 1. The standard InChI is InChI=1S/C13H11N3O.C13H8N2O2S.C10H14N2O3.C10H14N2O2S.C9H9NO2.4CH4/c1-7-8-9-10(14-4)11(12(15-5)16-6)17-13(9,2)3;1-3-11-13(10(8-14)15-2)9-6-4-5-7-12(9)18(11,16)17;2*1-4-7-8(13)11(5-2)10(15)12(6-3)9(7)14;1-2-3-8-4-6-9(7-5-8)10(11)12;;;;/h7-8H,1-3H3;3-7H,1H3;2*4H,5-6H2,1-3H3;2-7H,1H3;4*1H4/b8-7+;11-3-,13-10+;;;3-2+;;;;. The minimum absolute atomic E-state index is 0. The maximum atomic E-state index is 12.2. The molecular formula is C59H72N10O10S2. The molecule has 2 fully saturated rings. The number of carbonyl (C=O) groups excluding carboxylic acids is 5. The number of allylic oxidation sites excluding steroid dienone is 7. The van der Waals surface area contributed by atoms with Gasteiger partial charge in [0.25, 0.3) is 35.0 Å². The third kappa shape index (κ3) is 16.8. The van der Waals surface area contributed by atoms with Crippen LogP contribution in [0.2, 0.25) is 0 Å². The molecule has 0 radical (unpaired) electrons. The number of benzene rings is 2. The van der Waals surface area contributed by atoms with Gasteiger partial charge in [0.1, 0.15) is 29.9 Å². The Hall–Kier alpha value is -9.40. The lowest BCUT2D eigenvalue weighted by Gasteiger charge is -2.35. The summed E-state index contributed by atoms with van der Waals surface area (Å²) in [6.07, 6.45) is 11.8. The third-order valence-corrected chi connectivity index (χ3v) is 13.6. The first-order valence-corrected chi connectivity index (χ1v) is 25.4. The van der Waals surface area contributed by atoms with Gasteiger partial charge in [-0.2, -0.15) is 9.69 Å². The molecule has 0 saturated carbocycles. The van der Waals surface area contributed by atoms with Crippen LogP contribution in [0.4, 0.5) is 10.5 Å². The summed E-state index contributed by atoms with van der Waals surface area (Å²) in [5, 5.41) is 19.5. The lowest BCUT2D eigenvalue weighted by molar-refractivity contribution is -0.384. The summed E-state index contributed by atoms with van der Waals surface area (Å²) in [7, 11) is -3.60. The van der Waals surface area contributed by atoms with Gasteiger partial charge < -0.3 is 4.74 Å². The number of urea groups is 1. The van der Waals surface area contributed by atoms with E-state index < -0.39 is 38.2 Å². The van der Waals surface area contributed by atoms with Gasteiger partial charge in [-0.25, -0.2) is 28.2 Å². The van der Waals surface area contributed by atoms with Gasteiger partial charge in [-0.05, 0) is 118 Å². The highest BCUT2D eigenvalue weighted by atomic mass is 32.2. The number of hydrogen-bond acceptors (Lipinski definition) is 12. The first kappa shape index (κ1) is 75.8. The molecular weight excluding hydrogens is 1070 g/mol. The molecule has 81 heavy (non-hydrogen) atoms. The van der Waals surface area contributed by atoms with Crippen molar-refractivity contribution in [3.63, 3.8) is 0 Å². The third-order valence-electron chi connectivity index (χ3n) is 11.2. The van der Waals surface area contributed by atoms with Gasteiger partial charge in [0.05, 0.1) is 33.9 Å². The van der Waals surface area contributed by atoms with E-state index in [1.54, 1.807) is 77.1 Å². The van der Waals surface area contributed by atoms with Crippen molar-refractivity contribution in [2.45, 2.75) is 116 Å². The first-order valence-electron chi connectivity index (χ1n) is 23.5. The van der Waals surface area contributed by atoms with Crippen LogP contribution < -0.4 is 0 Å². The number of nitro benzene ring substituents is 1. The molecule has 2 saturated heterocycles. The van der Waals surface area contributed by atoms with Crippen LogP contribution in [0.25, 0.3) is 31.0 Å². The van der Waals surface area contributed by atoms with Crippen molar-refractivity contribution in [3.8, 4) is 6.07 Å². The second kappa shape index (κ2) is 34.5. The highest BCUT2D eigenvalue weighted by Gasteiger charge is 2.42. The zero-order chi connectivity index (χ0) is 58.5. The van der Waals surface area contributed by atoms with Gasteiger partial charge in [-0.3, -0.25) is 48.9 Å². The Bertz CT molecular complexity index is 3170. The van der Waals surface area contributed by atoms with E-state index in [4.69, 9.17) is 48.5 Å². The fourth-order valence-electron chi connectivity index (χ4n) is 7.49. The molecule has 6 amide bonds. The van der Waals surface area contributed by atoms with Crippen molar-refractivity contribution in [2.24, 2.45) is 0 Å². The van der Waals surface area contributed by atoms with Gasteiger partial charge >= 0.3 is 11.9 Å². The fraction of sp³-hybridized carbons (Fsp3) is 0.339. The SMILES string of the molecule is C.C.C.C.C/C=C/c1ccc([N+](=O)[O-])cc1.CC=C1C(=O)N(CC)C(=O)N(CC)C1=O.CC=C1C(=O)N(CC)C(=S)N(CC)C1=O.[C-]#[N+]/C(C#N)=C1/C(=C/C)S(=O)(=O)c2ccccc21.[C-]#[N+]C([N+]#[C-])=C1OC(C)(C)C(/C=C/C)=C1[N+]#[C-]. The Balaban J connectivity index is -0.000000933. The Morgan fingerprint density at radius 1 is 0.716 bits per heavy atom. The molecule has 0 atom stereocenters. The summed E-state index contributed by atoms with van der Waals surface area (Å²) in [6, 6.07) is 14.1. The second-order valence-electron chi connectivity index (χ2n) is 16.0. The van der Waals surface area contributed by atoms with Crippen LogP contribution in [0.3, 0.4) is 0 Å². The average molecular weight is 1150 g/mol. The molecule has 4 aliphatic rings. The van der Waals surface area contributed by atoms with E-state index in [9.17, 15) is 42.5 Å². The molecule has 0 aliphatic carbocycles. The van der Waals surface area contributed by atoms with Crippen LogP contribution in [-0.2, 0) is 33.8 Å². The zero-order valence-electron chi connectivity index (χ0n) is 44.4. The molecule has 0 aromatic heterocycles. The summed E-state index contributed by atoms with van der Waals surface area (Å²) >= 11 is 5.08. The number of nitro groups is 1. The largest absolute Gasteiger partial charge is 0.550 e. The molecule has 0 bridgehead atoms. The number of ether oxygens (including phenoxy) is 1. The molecule has 0 unspecified atom stereocenters. The normalized spacial score (nSPS) is 16.3. The number of nitriles is 1. The van der Waals surface area contributed by atoms with Gasteiger partial charge in [0.15, 0.2) is 5.11 Å². The van der Waals surface area contributed by atoms with E-state index in [0.29, 0.717) is 29.3 Å². The van der Waals surface area contributed by atoms with Crippen molar-refractivity contribution >= 4 is 74.2 Å². The number of rotatable bonds is 7. The molecule has 4 heterocycles. The average Bonchev–Trinajstić information content (AvgIpc) is 3.80. The quantitative estimate of drug-likeness (QED) is 0.0480. The van der Waals surface area contributed by atoms with Gasteiger partial charge in [0.2, 0.25) is 21.3 Å². The van der Waals surface area contributed by atoms with Crippen LogP contribution in [0.1, 0.15) is 117 Å². The summed E-state index contributed by atoms with van der Waals surface area (Å²) in [6.45, 7) is 48.8. The van der Waals surface area contributed by atoms with Crippen molar-refractivity contribution in [2.75, 3.05) is 26.2 Å². The molecule has 430 valence electrons. The topological polar surface area (TPSA) is 226 Å². The Labute approximate surface area is 484 Å². The number of imide groups is 2. The predicted molar refractivity (Wildman–Crippen MR) is 320 cm³/mol. The number of thiocarbonyl (C=S) groups is 1. The summed E-state index contributed by atoms with van der Waals surface area (Å²) in [5.74, 6) is -1.68. The molecule has 2 aromatic carbocycles. The lowest BCUT2D eigenvalue weighted by Crippen LogP contribution is -2.56. The predicted octanol–water partition coefficient (Wildman–Crippen LogP) is 12.9. The van der Waals surface area contributed by atoms with E-state index in [-0.39, 0.29) is 110 Å². The van der Waals surface area contributed by atoms with Crippen LogP contribution in [0.15, 0.2) is 134 Å². The maximum Gasteiger partial charge on any atom is 0.550 e. The molecule has 4 aliphatic heterocycles. The number of amides is 6. The number of nitrogens with zero attached hydrogens (tertiary/aromatic N) is 10. The molecule has 22 heteroatoms. The first-order chi connectivity index (χ1) is 36.5. The molecule has 6 rings (SSSR count). The van der Waals surface area contributed by atoms with Crippen LogP contribution in [0.5, 0.6) is 0 Å². The van der Waals surface area contributed by atoms with E-state index in [1.165, 1.54) is 46.2 Å². The Morgan fingerprint density at radius 2 is 1.16 bits per heavy atom. The van der Waals surface area contributed by atoms with Gasteiger partial charge in [-0.1, -0.05) is 90.4 Å². The number of carbonyl (C=O) groups is 5. The van der Waals surface area contributed by atoms with Crippen LogP contribution >= 0.6 is 12.2 Å². The van der Waals surface area contributed by atoms with E-state index in [0.717, 1.165) is 15.4 Å². The number of likely N-dealkylation sites (N-methyl/N-ethyl adjacent to an activating group) is 4. The highest BCUT2D eigenvalue weighted by Crippen LogP contribution is 2.45. The summed E-state index contributed by atoms with van der Waals surface area (Å²) < 4.78 is 30.1. The Kier molecular flexibility index (Phi) is 32.3. The molecule has 0 N–H and O–H groups in total. The van der Waals surface area contributed by atoms with Gasteiger partial charge in [-0.15, -0.1) is 0 Å². The molecule has 2 aromatic rings.